The van der Waals surface area contributed by atoms with E-state index in [0.29, 0.717) is 24.4 Å². The molecule has 170 valence electrons. The molecule has 0 aliphatic carbocycles. The van der Waals surface area contributed by atoms with E-state index in [2.05, 4.69) is 27.7 Å². The number of amides is 1. The molecular weight excluding hydrogens is 404 g/mol. The molecule has 32 heavy (non-hydrogen) atoms. The summed E-state index contributed by atoms with van der Waals surface area (Å²) in [5.74, 6) is 0.323. The maximum absolute atomic E-state index is 12.3. The number of pyridine rings is 1. The molecule has 1 unspecified atom stereocenters. The number of likely N-dealkylation sites (tertiary alicyclic amines) is 1. The van der Waals surface area contributed by atoms with E-state index in [1.807, 2.05) is 6.07 Å². The van der Waals surface area contributed by atoms with Crippen LogP contribution in [0.5, 0.6) is 0 Å². The first kappa shape index (κ1) is 22.3. The summed E-state index contributed by atoms with van der Waals surface area (Å²) in [5, 5.41) is 15.6. The number of carbonyl (C=O) groups is 2. The van der Waals surface area contributed by atoms with Gasteiger partial charge in [-0.05, 0) is 74.8 Å². The zero-order valence-corrected chi connectivity index (χ0v) is 18.4. The molecule has 3 N–H and O–H groups in total. The number of carbonyl (C=O) groups excluding carboxylic acids is 1. The Kier molecular flexibility index (Phi) is 7.37. The van der Waals surface area contributed by atoms with E-state index in [-0.39, 0.29) is 5.91 Å². The Morgan fingerprint density at radius 1 is 1.22 bits per heavy atom. The van der Waals surface area contributed by atoms with Gasteiger partial charge in [-0.25, -0.2) is 9.78 Å². The molecule has 4 rings (SSSR count). The zero-order chi connectivity index (χ0) is 22.3. The second-order valence-electron chi connectivity index (χ2n) is 8.85. The van der Waals surface area contributed by atoms with Gasteiger partial charge in [-0.2, -0.15) is 0 Å². The monoisotopic (exact) mass is 436 g/mol. The summed E-state index contributed by atoms with van der Waals surface area (Å²) < 4.78 is 0. The first-order valence-corrected chi connectivity index (χ1v) is 11.6. The number of aryl methyl sites for hydroxylation is 2. The van der Waals surface area contributed by atoms with Gasteiger partial charge in [0.05, 0.1) is 0 Å². The number of nitrogens with one attached hydrogen (secondary N) is 2. The summed E-state index contributed by atoms with van der Waals surface area (Å²) in [5.41, 5.74) is 2.94. The molecule has 1 aromatic carbocycles. The first-order valence-electron chi connectivity index (χ1n) is 11.6. The fourth-order valence-corrected chi connectivity index (χ4v) is 4.61. The third kappa shape index (κ3) is 5.85. The molecule has 1 saturated heterocycles. The van der Waals surface area contributed by atoms with Crippen LogP contribution < -0.4 is 10.6 Å². The molecule has 0 radical (unpaired) electrons. The SMILES string of the molecule is O=C(NC(CCN1CC[C@H](CCc2ccc3c(n2)NCCC3)C1)C(=O)O)c1ccccc1. The number of anilines is 1. The standard InChI is InChI=1S/C25H32N4O3/c30-24(20-5-2-1-3-6-20)28-22(25(31)32)13-16-29-15-12-18(17-29)8-10-21-11-9-19-7-4-14-26-23(19)27-21/h1-3,5-6,9,11,18,22H,4,7-8,10,12-17H2,(H,26,27)(H,28,30)(H,31,32)/t18-,22?/m0/s1. The molecule has 7 heteroatoms. The zero-order valence-electron chi connectivity index (χ0n) is 18.4. The first-order chi connectivity index (χ1) is 15.6. The quantitative estimate of drug-likeness (QED) is 0.560. The summed E-state index contributed by atoms with van der Waals surface area (Å²) in [7, 11) is 0. The Bertz CT molecular complexity index is 934. The van der Waals surface area contributed by atoms with Crippen molar-refractivity contribution in [2.24, 2.45) is 5.92 Å². The van der Waals surface area contributed by atoms with Crippen LogP contribution in [0.15, 0.2) is 42.5 Å². The van der Waals surface area contributed by atoms with Crippen molar-refractivity contribution in [2.75, 3.05) is 31.5 Å². The largest absolute Gasteiger partial charge is 0.480 e. The average Bonchev–Trinajstić information content (AvgIpc) is 3.28. The van der Waals surface area contributed by atoms with E-state index in [1.54, 1.807) is 24.3 Å². The predicted molar refractivity (Wildman–Crippen MR) is 124 cm³/mol. The lowest BCUT2D eigenvalue weighted by atomic mass is 10.00. The summed E-state index contributed by atoms with van der Waals surface area (Å²) in [6.07, 6.45) is 5.87. The van der Waals surface area contributed by atoms with Gasteiger partial charge in [-0.1, -0.05) is 24.3 Å². The van der Waals surface area contributed by atoms with Crippen LogP contribution in [0.1, 0.15) is 47.3 Å². The molecule has 0 saturated carbocycles. The molecular formula is C25H32N4O3. The Balaban J connectivity index is 1.22. The van der Waals surface area contributed by atoms with E-state index in [4.69, 9.17) is 4.98 Å². The minimum Gasteiger partial charge on any atom is -0.480 e. The van der Waals surface area contributed by atoms with Crippen molar-refractivity contribution in [2.45, 2.75) is 44.6 Å². The van der Waals surface area contributed by atoms with Crippen molar-refractivity contribution < 1.29 is 14.7 Å². The highest BCUT2D eigenvalue weighted by Gasteiger charge is 2.26. The van der Waals surface area contributed by atoms with Gasteiger partial charge in [0.2, 0.25) is 0 Å². The molecule has 2 aliphatic rings. The Hall–Kier alpha value is -2.93. The fourth-order valence-electron chi connectivity index (χ4n) is 4.61. The van der Waals surface area contributed by atoms with Crippen LogP contribution in [-0.2, 0) is 17.6 Å². The van der Waals surface area contributed by atoms with Crippen molar-refractivity contribution in [1.29, 1.82) is 0 Å². The third-order valence-corrected chi connectivity index (χ3v) is 6.50. The molecule has 2 atom stereocenters. The minimum atomic E-state index is -0.989. The predicted octanol–water partition coefficient (Wildman–Crippen LogP) is 2.97. The highest BCUT2D eigenvalue weighted by molar-refractivity contribution is 5.96. The molecule has 1 aromatic heterocycles. The number of carboxylic acid groups (broad SMARTS) is 1. The lowest BCUT2D eigenvalue weighted by Crippen LogP contribution is -2.43. The molecule has 2 aromatic rings. The van der Waals surface area contributed by atoms with E-state index in [1.165, 1.54) is 12.0 Å². The number of carboxylic acids is 1. The van der Waals surface area contributed by atoms with Gasteiger partial charge in [0.25, 0.3) is 5.91 Å². The number of benzene rings is 1. The van der Waals surface area contributed by atoms with Gasteiger partial charge in [0, 0.05) is 30.9 Å². The average molecular weight is 437 g/mol. The van der Waals surface area contributed by atoms with Crippen LogP contribution in [0, 0.1) is 5.92 Å². The molecule has 2 aliphatic heterocycles. The number of aliphatic carboxylic acids is 1. The molecule has 3 heterocycles. The van der Waals surface area contributed by atoms with Crippen molar-refractivity contribution in [3.63, 3.8) is 0 Å². The van der Waals surface area contributed by atoms with Crippen LogP contribution in [0.25, 0.3) is 0 Å². The Morgan fingerprint density at radius 3 is 2.88 bits per heavy atom. The van der Waals surface area contributed by atoms with Crippen molar-refractivity contribution in [3.05, 3.63) is 59.3 Å². The molecule has 1 fully saturated rings. The molecule has 1 amide bonds. The number of fused-ring (bicyclic) bond motifs is 1. The van der Waals surface area contributed by atoms with Crippen LogP contribution >= 0.6 is 0 Å². The lowest BCUT2D eigenvalue weighted by molar-refractivity contribution is -0.139. The van der Waals surface area contributed by atoms with Gasteiger partial charge in [-0.3, -0.25) is 4.79 Å². The number of aromatic nitrogens is 1. The Labute approximate surface area is 189 Å². The van der Waals surface area contributed by atoms with Gasteiger partial charge in [0.15, 0.2) is 0 Å². The molecule has 0 bridgehead atoms. The maximum atomic E-state index is 12.3. The van der Waals surface area contributed by atoms with Crippen molar-refractivity contribution in [1.82, 2.24) is 15.2 Å². The van der Waals surface area contributed by atoms with Crippen LogP contribution in [-0.4, -0.2) is 59.1 Å². The van der Waals surface area contributed by atoms with Gasteiger partial charge >= 0.3 is 5.97 Å². The molecule has 7 nitrogen and oxygen atoms in total. The van der Waals surface area contributed by atoms with E-state index < -0.39 is 12.0 Å². The third-order valence-electron chi connectivity index (χ3n) is 6.50. The number of rotatable bonds is 9. The van der Waals surface area contributed by atoms with Crippen LogP contribution in [0.2, 0.25) is 0 Å². The number of nitrogens with zero attached hydrogens (tertiary/aromatic N) is 2. The number of hydrogen-bond acceptors (Lipinski definition) is 5. The second kappa shape index (κ2) is 10.6. The topological polar surface area (TPSA) is 94.6 Å². The van der Waals surface area contributed by atoms with Gasteiger partial charge in [-0.15, -0.1) is 0 Å². The van der Waals surface area contributed by atoms with Crippen molar-refractivity contribution in [3.8, 4) is 0 Å². The summed E-state index contributed by atoms with van der Waals surface area (Å²) in [6.45, 7) is 3.62. The highest BCUT2D eigenvalue weighted by atomic mass is 16.4. The van der Waals surface area contributed by atoms with Crippen LogP contribution in [0.4, 0.5) is 5.82 Å². The van der Waals surface area contributed by atoms with Crippen molar-refractivity contribution >= 4 is 17.7 Å². The van der Waals surface area contributed by atoms with E-state index in [0.717, 1.165) is 56.8 Å². The van der Waals surface area contributed by atoms with Gasteiger partial charge < -0.3 is 20.6 Å². The summed E-state index contributed by atoms with van der Waals surface area (Å²) >= 11 is 0. The van der Waals surface area contributed by atoms with E-state index in [9.17, 15) is 14.7 Å². The second-order valence-corrected chi connectivity index (χ2v) is 8.85. The highest BCUT2D eigenvalue weighted by Crippen LogP contribution is 2.24. The van der Waals surface area contributed by atoms with Gasteiger partial charge in [0.1, 0.15) is 11.9 Å². The number of hydrogen-bond donors (Lipinski definition) is 3. The molecule has 0 spiro atoms. The summed E-state index contributed by atoms with van der Waals surface area (Å²) in [6, 6.07) is 12.2. The normalized spacial score (nSPS) is 19.1. The summed E-state index contributed by atoms with van der Waals surface area (Å²) in [4.78, 5) is 31.1. The maximum Gasteiger partial charge on any atom is 0.326 e. The lowest BCUT2D eigenvalue weighted by Gasteiger charge is -2.20. The Morgan fingerprint density at radius 2 is 2.06 bits per heavy atom. The fraction of sp³-hybridized carbons (Fsp3) is 0.480. The smallest absolute Gasteiger partial charge is 0.326 e. The minimum absolute atomic E-state index is 0.343. The van der Waals surface area contributed by atoms with Crippen LogP contribution in [0.3, 0.4) is 0 Å². The van der Waals surface area contributed by atoms with E-state index >= 15 is 0 Å².